The maximum atomic E-state index is 13.0. The molecule has 0 bridgehead atoms. The van der Waals surface area contributed by atoms with Gasteiger partial charge in [0.05, 0.1) is 6.42 Å². The van der Waals surface area contributed by atoms with Gasteiger partial charge in [-0.3, -0.25) is 4.79 Å². The zero-order chi connectivity index (χ0) is 13.9. The Morgan fingerprint density at radius 3 is 2.63 bits per heavy atom. The number of halogens is 2. The lowest BCUT2D eigenvalue weighted by Gasteiger charge is -2.14. The van der Waals surface area contributed by atoms with Crippen LogP contribution in [0, 0.1) is 17.0 Å². The van der Waals surface area contributed by atoms with E-state index in [0.29, 0.717) is 18.5 Å². The molecule has 5 heteroatoms. The molecule has 0 saturated heterocycles. The summed E-state index contributed by atoms with van der Waals surface area (Å²) < 4.78 is 25.7. The molecule has 0 unspecified atom stereocenters. The summed E-state index contributed by atoms with van der Waals surface area (Å²) in [5, 5.41) is 11.7. The SMILES string of the molecule is O=C(Cc1ccc(F)c(F)c1)NCC1(CCO)CC1. The lowest BCUT2D eigenvalue weighted by Crippen LogP contribution is -2.31. The Kier molecular flexibility index (Phi) is 4.14. The topological polar surface area (TPSA) is 49.3 Å². The molecule has 3 nitrogen and oxygen atoms in total. The van der Waals surface area contributed by atoms with Crippen LogP contribution in [0.2, 0.25) is 0 Å². The van der Waals surface area contributed by atoms with Crippen LogP contribution in [0.5, 0.6) is 0 Å². The Morgan fingerprint density at radius 2 is 2.05 bits per heavy atom. The number of carbonyl (C=O) groups is 1. The third kappa shape index (κ3) is 3.73. The van der Waals surface area contributed by atoms with Gasteiger partial charge in [0.25, 0.3) is 0 Å². The fourth-order valence-electron chi connectivity index (χ4n) is 2.11. The number of aliphatic hydroxyl groups is 1. The summed E-state index contributed by atoms with van der Waals surface area (Å²) in [4.78, 5) is 11.7. The number of hydrogen-bond acceptors (Lipinski definition) is 2. The molecule has 0 aliphatic heterocycles. The van der Waals surface area contributed by atoms with Gasteiger partial charge in [-0.1, -0.05) is 6.07 Å². The van der Waals surface area contributed by atoms with Crippen molar-refractivity contribution in [1.29, 1.82) is 0 Å². The molecule has 1 saturated carbocycles. The van der Waals surface area contributed by atoms with Gasteiger partial charge in [-0.2, -0.15) is 0 Å². The van der Waals surface area contributed by atoms with Crippen molar-refractivity contribution in [2.45, 2.75) is 25.7 Å². The maximum Gasteiger partial charge on any atom is 0.224 e. The van der Waals surface area contributed by atoms with Gasteiger partial charge in [0, 0.05) is 13.2 Å². The summed E-state index contributed by atoms with van der Waals surface area (Å²) in [5.41, 5.74) is 0.502. The van der Waals surface area contributed by atoms with Crippen LogP contribution in [-0.2, 0) is 11.2 Å². The van der Waals surface area contributed by atoms with E-state index in [-0.39, 0.29) is 24.3 Å². The van der Waals surface area contributed by atoms with Crippen molar-refractivity contribution in [2.24, 2.45) is 5.41 Å². The number of aliphatic hydroxyl groups excluding tert-OH is 1. The van der Waals surface area contributed by atoms with Crippen LogP contribution in [0.25, 0.3) is 0 Å². The van der Waals surface area contributed by atoms with Crippen molar-refractivity contribution >= 4 is 5.91 Å². The second-order valence-corrected chi connectivity index (χ2v) is 5.18. The van der Waals surface area contributed by atoms with Crippen molar-refractivity contribution in [3.63, 3.8) is 0 Å². The molecule has 0 radical (unpaired) electrons. The van der Waals surface area contributed by atoms with E-state index in [1.54, 1.807) is 0 Å². The van der Waals surface area contributed by atoms with Crippen molar-refractivity contribution in [2.75, 3.05) is 13.2 Å². The highest BCUT2D eigenvalue weighted by Gasteiger charge is 2.41. The molecule has 1 aliphatic rings. The largest absolute Gasteiger partial charge is 0.396 e. The molecule has 0 atom stereocenters. The highest BCUT2D eigenvalue weighted by atomic mass is 19.2. The van der Waals surface area contributed by atoms with Gasteiger partial charge in [-0.25, -0.2) is 8.78 Å². The molecule has 2 rings (SSSR count). The van der Waals surface area contributed by atoms with Crippen LogP contribution in [0.4, 0.5) is 8.78 Å². The predicted molar refractivity (Wildman–Crippen MR) is 66.4 cm³/mol. The molecular formula is C14H17F2NO2. The number of carbonyl (C=O) groups excluding carboxylic acids is 1. The summed E-state index contributed by atoms with van der Waals surface area (Å²) in [5.74, 6) is -2.07. The first-order valence-corrected chi connectivity index (χ1v) is 6.36. The second-order valence-electron chi connectivity index (χ2n) is 5.18. The molecule has 0 spiro atoms. The first-order valence-electron chi connectivity index (χ1n) is 6.36. The number of amides is 1. The van der Waals surface area contributed by atoms with Crippen LogP contribution in [0.3, 0.4) is 0 Å². The lowest BCUT2D eigenvalue weighted by molar-refractivity contribution is -0.120. The summed E-state index contributed by atoms with van der Waals surface area (Å²) in [6, 6.07) is 3.46. The van der Waals surface area contributed by atoms with Crippen molar-refractivity contribution in [3.05, 3.63) is 35.4 Å². The molecule has 1 aromatic rings. The highest BCUT2D eigenvalue weighted by Crippen LogP contribution is 2.47. The Hall–Kier alpha value is -1.49. The second kappa shape index (κ2) is 5.65. The summed E-state index contributed by atoms with van der Waals surface area (Å²) in [7, 11) is 0. The molecule has 1 amide bonds. The van der Waals surface area contributed by atoms with Crippen LogP contribution in [0.15, 0.2) is 18.2 Å². The van der Waals surface area contributed by atoms with Crippen molar-refractivity contribution < 1.29 is 18.7 Å². The van der Waals surface area contributed by atoms with Crippen molar-refractivity contribution in [3.8, 4) is 0 Å². The van der Waals surface area contributed by atoms with E-state index in [9.17, 15) is 13.6 Å². The Labute approximate surface area is 110 Å². The van der Waals surface area contributed by atoms with E-state index >= 15 is 0 Å². The van der Waals surface area contributed by atoms with Gasteiger partial charge < -0.3 is 10.4 Å². The van der Waals surface area contributed by atoms with Gasteiger partial charge in [0.15, 0.2) is 11.6 Å². The van der Waals surface area contributed by atoms with Crippen molar-refractivity contribution in [1.82, 2.24) is 5.32 Å². The van der Waals surface area contributed by atoms with Gasteiger partial charge in [-0.15, -0.1) is 0 Å². The minimum atomic E-state index is -0.941. The number of hydrogen-bond donors (Lipinski definition) is 2. The van der Waals surface area contributed by atoms with E-state index in [1.165, 1.54) is 6.07 Å². The average Bonchev–Trinajstić information content (AvgIpc) is 3.12. The summed E-state index contributed by atoms with van der Waals surface area (Å²) in [6.07, 6.45) is 2.75. The number of benzene rings is 1. The number of rotatable bonds is 6. The molecule has 1 fully saturated rings. The molecular weight excluding hydrogens is 252 g/mol. The van der Waals surface area contributed by atoms with E-state index < -0.39 is 11.6 Å². The Balaban J connectivity index is 1.82. The van der Waals surface area contributed by atoms with E-state index in [4.69, 9.17) is 5.11 Å². The summed E-state index contributed by atoms with van der Waals surface area (Å²) in [6.45, 7) is 0.662. The monoisotopic (exact) mass is 269 g/mol. The lowest BCUT2D eigenvalue weighted by atomic mass is 10.0. The fourth-order valence-corrected chi connectivity index (χ4v) is 2.11. The third-order valence-electron chi connectivity index (χ3n) is 3.61. The van der Waals surface area contributed by atoms with E-state index in [1.807, 2.05) is 0 Å². The van der Waals surface area contributed by atoms with Crippen LogP contribution in [-0.4, -0.2) is 24.2 Å². The minimum Gasteiger partial charge on any atom is -0.396 e. The molecule has 1 aromatic carbocycles. The zero-order valence-electron chi connectivity index (χ0n) is 10.6. The Bertz CT molecular complexity index is 473. The molecule has 0 aromatic heterocycles. The van der Waals surface area contributed by atoms with Gasteiger partial charge in [-0.05, 0) is 42.4 Å². The Morgan fingerprint density at radius 1 is 1.32 bits per heavy atom. The van der Waals surface area contributed by atoms with Gasteiger partial charge >= 0.3 is 0 Å². The first kappa shape index (κ1) is 13.9. The number of nitrogens with one attached hydrogen (secondary N) is 1. The van der Waals surface area contributed by atoms with Crippen LogP contribution >= 0.6 is 0 Å². The standard InChI is InChI=1S/C14H17F2NO2/c15-11-2-1-10(7-12(11)16)8-13(19)17-9-14(3-4-14)5-6-18/h1-2,7,18H,3-6,8-9H2,(H,17,19). The van der Waals surface area contributed by atoms with E-state index in [2.05, 4.69) is 5.32 Å². The highest BCUT2D eigenvalue weighted by molar-refractivity contribution is 5.78. The van der Waals surface area contributed by atoms with Gasteiger partial charge in [0.1, 0.15) is 0 Å². The molecule has 0 heterocycles. The van der Waals surface area contributed by atoms with E-state index in [0.717, 1.165) is 25.0 Å². The maximum absolute atomic E-state index is 13.0. The molecule has 19 heavy (non-hydrogen) atoms. The van der Waals surface area contributed by atoms with Gasteiger partial charge in [0.2, 0.25) is 5.91 Å². The molecule has 104 valence electrons. The molecule has 2 N–H and O–H groups in total. The average molecular weight is 269 g/mol. The minimum absolute atomic E-state index is 0.0341. The smallest absolute Gasteiger partial charge is 0.224 e. The van der Waals surface area contributed by atoms with Crippen LogP contribution < -0.4 is 5.32 Å². The zero-order valence-corrected chi connectivity index (χ0v) is 10.6. The first-order chi connectivity index (χ1) is 9.04. The summed E-state index contributed by atoms with van der Waals surface area (Å²) >= 11 is 0. The fraction of sp³-hybridized carbons (Fsp3) is 0.500. The third-order valence-corrected chi connectivity index (χ3v) is 3.61. The normalized spacial score (nSPS) is 16.2. The quantitative estimate of drug-likeness (QED) is 0.827. The van der Waals surface area contributed by atoms with Crippen LogP contribution in [0.1, 0.15) is 24.8 Å². The predicted octanol–water partition coefficient (Wildman–Crippen LogP) is 1.79. The molecule has 1 aliphatic carbocycles.